The minimum Gasteiger partial charge on any atom is -0.459 e. The molecule has 0 saturated heterocycles. The van der Waals surface area contributed by atoms with Crippen molar-refractivity contribution in [2.75, 3.05) is 0 Å². The molecule has 142 valence electrons. The molecular formula is C22H20N2O3S. The average molecular weight is 392 g/mol. The summed E-state index contributed by atoms with van der Waals surface area (Å²) >= 11 is 1.58. The molecule has 0 aliphatic rings. The molecule has 3 aromatic heterocycles. The molecule has 0 saturated carbocycles. The van der Waals surface area contributed by atoms with Gasteiger partial charge in [0.1, 0.15) is 0 Å². The van der Waals surface area contributed by atoms with Crippen molar-refractivity contribution in [1.29, 1.82) is 0 Å². The summed E-state index contributed by atoms with van der Waals surface area (Å²) < 4.78 is 5.29. The molecule has 3 heterocycles. The fraction of sp³-hybridized carbons (Fsp3) is 0.182. The van der Waals surface area contributed by atoms with Crippen molar-refractivity contribution < 1.29 is 9.21 Å². The summed E-state index contributed by atoms with van der Waals surface area (Å²) in [6.07, 6.45) is 1.48. The van der Waals surface area contributed by atoms with Crippen LogP contribution in [0, 0.1) is 13.8 Å². The maximum Gasteiger partial charge on any atom is 0.290 e. The van der Waals surface area contributed by atoms with Crippen molar-refractivity contribution >= 4 is 28.1 Å². The Hall–Kier alpha value is -3.12. The van der Waals surface area contributed by atoms with Crippen LogP contribution < -0.4 is 5.56 Å². The van der Waals surface area contributed by atoms with Crippen LogP contribution in [-0.2, 0) is 13.1 Å². The SMILES string of the molecule is Cc1cc(C)c2cc(CN(Cc3cccs3)C(=O)c3ccco3)c(=O)[nH]c2c1. The Labute approximate surface area is 166 Å². The van der Waals surface area contributed by atoms with Crippen LogP contribution in [0.4, 0.5) is 0 Å². The number of aromatic nitrogens is 1. The molecule has 0 bridgehead atoms. The quantitative estimate of drug-likeness (QED) is 0.538. The van der Waals surface area contributed by atoms with Gasteiger partial charge < -0.3 is 14.3 Å². The topological polar surface area (TPSA) is 66.3 Å². The van der Waals surface area contributed by atoms with Crippen molar-refractivity contribution in [3.8, 4) is 0 Å². The number of nitrogens with zero attached hydrogens (tertiary/aromatic N) is 1. The van der Waals surface area contributed by atoms with Crippen molar-refractivity contribution in [1.82, 2.24) is 9.88 Å². The highest BCUT2D eigenvalue weighted by Crippen LogP contribution is 2.21. The average Bonchev–Trinajstić information content (AvgIpc) is 3.35. The number of carbonyl (C=O) groups excluding carboxylic acids is 1. The van der Waals surface area contributed by atoms with Crippen LogP contribution in [0.15, 0.2) is 63.3 Å². The number of carbonyl (C=O) groups is 1. The molecule has 4 rings (SSSR count). The largest absolute Gasteiger partial charge is 0.459 e. The lowest BCUT2D eigenvalue weighted by molar-refractivity contribution is 0.0699. The van der Waals surface area contributed by atoms with Gasteiger partial charge >= 0.3 is 0 Å². The van der Waals surface area contributed by atoms with E-state index in [9.17, 15) is 9.59 Å². The first-order valence-corrected chi connectivity index (χ1v) is 9.87. The van der Waals surface area contributed by atoms with E-state index >= 15 is 0 Å². The Kier molecular flexibility index (Phi) is 4.88. The molecule has 6 heteroatoms. The second kappa shape index (κ2) is 7.48. The second-order valence-corrected chi connectivity index (χ2v) is 7.92. The summed E-state index contributed by atoms with van der Waals surface area (Å²) in [4.78, 5) is 31.3. The number of benzene rings is 1. The number of rotatable bonds is 5. The van der Waals surface area contributed by atoms with Gasteiger partial charge in [0.15, 0.2) is 5.76 Å². The number of thiophene rings is 1. The van der Waals surface area contributed by atoms with E-state index in [1.165, 1.54) is 6.26 Å². The van der Waals surface area contributed by atoms with E-state index in [0.29, 0.717) is 12.1 Å². The lowest BCUT2D eigenvalue weighted by atomic mass is 10.0. The number of hydrogen-bond donors (Lipinski definition) is 1. The first-order valence-electron chi connectivity index (χ1n) is 8.99. The minimum absolute atomic E-state index is 0.180. The third-order valence-corrected chi connectivity index (χ3v) is 5.56. The number of hydrogen-bond acceptors (Lipinski definition) is 4. The molecule has 0 unspecified atom stereocenters. The Morgan fingerprint density at radius 3 is 2.71 bits per heavy atom. The van der Waals surface area contributed by atoms with Gasteiger partial charge in [0, 0.05) is 21.3 Å². The van der Waals surface area contributed by atoms with E-state index < -0.39 is 0 Å². The zero-order valence-corrected chi connectivity index (χ0v) is 16.5. The molecule has 0 spiro atoms. The summed E-state index contributed by atoms with van der Waals surface area (Å²) in [5.74, 6) is 0.0269. The van der Waals surface area contributed by atoms with Crippen LogP contribution in [0.25, 0.3) is 10.9 Å². The summed E-state index contributed by atoms with van der Waals surface area (Å²) in [7, 11) is 0. The van der Waals surface area contributed by atoms with Gasteiger partial charge in [0.2, 0.25) is 0 Å². The number of pyridine rings is 1. The Morgan fingerprint density at radius 2 is 2.00 bits per heavy atom. The van der Waals surface area contributed by atoms with Gasteiger partial charge in [-0.15, -0.1) is 11.3 Å². The molecule has 0 fully saturated rings. The first kappa shape index (κ1) is 18.3. The summed E-state index contributed by atoms with van der Waals surface area (Å²) in [5.41, 5.74) is 3.38. The lowest BCUT2D eigenvalue weighted by Gasteiger charge is -2.21. The van der Waals surface area contributed by atoms with E-state index in [1.807, 2.05) is 43.5 Å². The van der Waals surface area contributed by atoms with E-state index in [2.05, 4.69) is 11.1 Å². The van der Waals surface area contributed by atoms with Crippen LogP contribution in [0.3, 0.4) is 0 Å². The Bertz CT molecular complexity index is 1170. The molecule has 4 aromatic rings. The predicted octanol–water partition coefficient (Wildman–Crippen LogP) is 4.64. The highest BCUT2D eigenvalue weighted by Gasteiger charge is 2.21. The van der Waals surface area contributed by atoms with Crippen LogP contribution >= 0.6 is 11.3 Å². The van der Waals surface area contributed by atoms with Crippen molar-refractivity contribution in [3.05, 3.63) is 91.8 Å². The number of amides is 1. The van der Waals surface area contributed by atoms with Crippen molar-refractivity contribution in [2.24, 2.45) is 0 Å². The predicted molar refractivity (Wildman–Crippen MR) is 111 cm³/mol. The molecule has 5 nitrogen and oxygen atoms in total. The highest BCUT2D eigenvalue weighted by atomic mass is 32.1. The number of furan rings is 1. The molecule has 28 heavy (non-hydrogen) atoms. The maximum atomic E-state index is 12.9. The van der Waals surface area contributed by atoms with Gasteiger partial charge in [0.25, 0.3) is 11.5 Å². The molecule has 0 radical (unpaired) electrons. The van der Waals surface area contributed by atoms with E-state index in [0.717, 1.165) is 26.9 Å². The fourth-order valence-electron chi connectivity index (χ4n) is 3.39. The van der Waals surface area contributed by atoms with Crippen LogP contribution in [0.1, 0.15) is 32.1 Å². The summed E-state index contributed by atoms with van der Waals surface area (Å²) in [5, 5.41) is 2.96. The third-order valence-electron chi connectivity index (χ3n) is 4.70. The molecule has 1 amide bonds. The second-order valence-electron chi connectivity index (χ2n) is 6.88. The maximum absolute atomic E-state index is 12.9. The number of aromatic amines is 1. The number of nitrogens with one attached hydrogen (secondary N) is 1. The molecule has 1 N–H and O–H groups in total. The fourth-order valence-corrected chi connectivity index (χ4v) is 4.10. The minimum atomic E-state index is -0.237. The Balaban J connectivity index is 1.72. The summed E-state index contributed by atoms with van der Waals surface area (Å²) in [6, 6.07) is 13.2. The zero-order chi connectivity index (χ0) is 19.7. The highest BCUT2D eigenvalue weighted by molar-refractivity contribution is 7.09. The number of H-pyrrole nitrogens is 1. The van der Waals surface area contributed by atoms with Gasteiger partial charge in [-0.1, -0.05) is 12.1 Å². The third kappa shape index (κ3) is 3.64. The van der Waals surface area contributed by atoms with E-state index in [-0.39, 0.29) is 23.8 Å². The van der Waals surface area contributed by atoms with Crippen LogP contribution in [0.2, 0.25) is 0 Å². The molecular weight excluding hydrogens is 372 g/mol. The smallest absolute Gasteiger partial charge is 0.290 e. The monoisotopic (exact) mass is 392 g/mol. The van der Waals surface area contributed by atoms with Gasteiger partial charge in [0.05, 0.1) is 19.4 Å². The lowest BCUT2D eigenvalue weighted by Crippen LogP contribution is -2.32. The van der Waals surface area contributed by atoms with E-state index in [4.69, 9.17) is 4.42 Å². The van der Waals surface area contributed by atoms with Gasteiger partial charge in [-0.3, -0.25) is 9.59 Å². The number of fused-ring (bicyclic) bond motifs is 1. The van der Waals surface area contributed by atoms with Crippen molar-refractivity contribution in [2.45, 2.75) is 26.9 Å². The van der Waals surface area contributed by atoms with Gasteiger partial charge in [-0.05, 0) is 60.7 Å². The van der Waals surface area contributed by atoms with Gasteiger partial charge in [-0.25, -0.2) is 0 Å². The molecule has 0 aliphatic carbocycles. The molecule has 0 atom stereocenters. The molecule has 1 aromatic carbocycles. The first-order chi connectivity index (χ1) is 13.5. The standard InChI is InChI=1S/C22H20N2O3S/c1-14-9-15(2)18-11-16(21(25)23-19(18)10-14)12-24(13-17-5-4-8-28-17)22(26)20-6-3-7-27-20/h3-11H,12-13H2,1-2H3,(H,23,25). The summed E-state index contributed by atoms with van der Waals surface area (Å²) in [6.45, 7) is 4.65. The van der Waals surface area contributed by atoms with Crippen LogP contribution in [0.5, 0.6) is 0 Å². The van der Waals surface area contributed by atoms with Crippen molar-refractivity contribution in [3.63, 3.8) is 0 Å². The zero-order valence-electron chi connectivity index (χ0n) is 15.7. The number of aryl methyl sites for hydroxylation is 2. The molecule has 0 aliphatic heterocycles. The Morgan fingerprint density at radius 1 is 1.14 bits per heavy atom. The van der Waals surface area contributed by atoms with E-state index in [1.54, 1.807) is 28.4 Å². The normalized spacial score (nSPS) is 11.1. The van der Waals surface area contributed by atoms with Gasteiger partial charge in [-0.2, -0.15) is 0 Å². The van der Waals surface area contributed by atoms with Crippen LogP contribution in [-0.4, -0.2) is 15.8 Å².